The van der Waals surface area contributed by atoms with E-state index in [1.807, 2.05) is 20.8 Å². The maximum Gasteiger partial charge on any atom is 0.410 e. The summed E-state index contributed by atoms with van der Waals surface area (Å²) in [6, 6.07) is 4.47. The van der Waals surface area contributed by atoms with E-state index >= 15 is 0 Å². The van der Waals surface area contributed by atoms with Gasteiger partial charge in [0.25, 0.3) is 0 Å². The van der Waals surface area contributed by atoms with Gasteiger partial charge in [-0.1, -0.05) is 12.1 Å². The Bertz CT molecular complexity index is 574. The zero-order valence-electron chi connectivity index (χ0n) is 14.3. The highest BCUT2D eigenvalue weighted by Crippen LogP contribution is 2.29. The molecule has 1 fully saturated rings. The average Bonchev–Trinajstić information content (AvgIpc) is 2.53. The molecule has 0 spiro atoms. The number of carbonyl (C=O) groups is 1. The van der Waals surface area contributed by atoms with Crippen molar-refractivity contribution >= 4 is 6.09 Å². The van der Waals surface area contributed by atoms with Gasteiger partial charge in [-0.25, -0.2) is 4.79 Å². The fourth-order valence-electron chi connectivity index (χ4n) is 2.50. The van der Waals surface area contributed by atoms with E-state index in [2.05, 4.69) is 4.98 Å². The summed E-state index contributed by atoms with van der Waals surface area (Å²) in [7, 11) is 0. The number of piperidine rings is 1. The minimum atomic E-state index is -3.08. The summed E-state index contributed by atoms with van der Waals surface area (Å²) in [4.78, 5) is 17.3. The number of carbonyl (C=O) groups excluding carboxylic acids is 1. The Balaban J connectivity index is 1.88. The predicted octanol–water partition coefficient (Wildman–Crippen LogP) is 4.38. The van der Waals surface area contributed by atoms with E-state index in [-0.39, 0.29) is 17.7 Å². The Kier molecular flexibility index (Phi) is 5.57. The van der Waals surface area contributed by atoms with Crippen LogP contribution >= 0.6 is 0 Å². The summed E-state index contributed by atoms with van der Waals surface area (Å²) < 4.78 is 33.5. The molecule has 4 nitrogen and oxygen atoms in total. The molecule has 0 aliphatic carbocycles. The van der Waals surface area contributed by atoms with Gasteiger partial charge in [-0.15, -0.1) is 0 Å². The summed E-state index contributed by atoms with van der Waals surface area (Å²) in [6.45, 7) is 6.48. The van der Waals surface area contributed by atoms with Crippen molar-refractivity contribution < 1.29 is 18.3 Å². The van der Waals surface area contributed by atoms with Gasteiger partial charge < -0.3 is 9.64 Å². The number of nitrogens with zero attached hydrogens (tertiary/aromatic N) is 2. The Labute approximate surface area is 141 Å². The second-order valence-corrected chi connectivity index (χ2v) is 7.00. The van der Waals surface area contributed by atoms with Gasteiger partial charge in [0.1, 0.15) is 11.3 Å². The Hall–Kier alpha value is -1.98. The monoisotopic (exact) mass is 338 g/mol. The van der Waals surface area contributed by atoms with Crippen LogP contribution in [0.2, 0.25) is 0 Å². The highest BCUT2D eigenvalue weighted by atomic mass is 19.3. The lowest BCUT2D eigenvalue weighted by molar-refractivity contribution is 0.0192. The number of aromatic nitrogens is 1. The maximum atomic E-state index is 14.1. The van der Waals surface area contributed by atoms with Crippen molar-refractivity contribution in [2.75, 3.05) is 13.1 Å². The van der Waals surface area contributed by atoms with Crippen LogP contribution in [0.1, 0.15) is 39.3 Å². The largest absolute Gasteiger partial charge is 0.444 e. The molecule has 1 saturated heterocycles. The fourth-order valence-corrected chi connectivity index (χ4v) is 2.50. The normalized spacial score (nSPS) is 17.3. The molecule has 0 unspecified atom stereocenters. The predicted molar refractivity (Wildman–Crippen MR) is 87.8 cm³/mol. The molecule has 2 rings (SSSR count). The number of hydrogen-bond acceptors (Lipinski definition) is 3. The van der Waals surface area contributed by atoms with Crippen molar-refractivity contribution in [2.24, 2.45) is 5.92 Å². The van der Waals surface area contributed by atoms with Crippen molar-refractivity contribution in [3.8, 4) is 0 Å². The number of alkyl halides is 2. The highest BCUT2D eigenvalue weighted by molar-refractivity contribution is 5.68. The summed E-state index contributed by atoms with van der Waals surface area (Å²) in [6.07, 6.45) is 4.77. The van der Waals surface area contributed by atoms with Gasteiger partial charge in [-0.2, -0.15) is 8.78 Å². The molecular formula is C18H24F2N2O2. The van der Waals surface area contributed by atoms with Gasteiger partial charge in [0, 0.05) is 19.3 Å². The van der Waals surface area contributed by atoms with Crippen molar-refractivity contribution in [1.29, 1.82) is 0 Å². The summed E-state index contributed by atoms with van der Waals surface area (Å²) in [5.41, 5.74) is -0.786. The van der Waals surface area contributed by atoms with Crippen molar-refractivity contribution in [3.05, 3.63) is 42.2 Å². The molecule has 132 valence electrons. The number of likely N-dealkylation sites (tertiary alicyclic amines) is 1. The van der Waals surface area contributed by atoms with Crippen LogP contribution in [-0.2, 0) is 10.7 Å². The van der Waals surface area contributed by atoms with Gasteiger partial charge >= 0.3 is 12.0 Å². The summed E-state index contributed by atoms with van der Waals surface area (Å²) in [5.74, 6) is -3.05. The van der Waals surface area contributed by atoms with Crippen molar-refractivity contribution in [2.45, 2.75) is 45.1 Å². The number of amides is 1. The molecule has 0 bridgehead atoms. The molecule has 0 saturated carbocycles. The molecule has 0 aromatic carbocycles. The van der Waals surface area contributed by atoms with E-state index in [0.717, 1.165) is 6.08 Å². The lowest BCUT2D eigenvalue weighted by Crippen LogP contribution is -2.41. The smallest absolute Gasteiger partial charge is 0.410 e. The molecule has 1 aromatic heterocycles. The van der Waals surface area contributed by atoms with Crippen LogP contribution in [0, 0.1) is 5.92 Å². The molecule has 0 radical (unpaired) electrons. The van der Waals surface area contributed by atoms with Crippen LogP contribution in [0.25, 0.3) is 0 Å². The third-order valence-electron chi connectivity index (χ3n) is 3.78. The SMILES string of the molecule is CC(C)(C)OC(=O)N1CCC(C=CC(F)(F)c2ccccn2)CC1. The highest BCUT2D eigenvalue weighted by Gasteiger charge is 2.31. The first-order valence-corrected chi connectivity index (χ1v) is 8.14. The molecule has 1 amide bonds. The summed E-state index contributed by atoms with van der Waals surface area (Å²) in [5, 5.41) is 0. The lowest BCUT2D eigenvalue weighted by atomic mass is 9.95. The van der Waals surface area contributed by atoms with Crippen molar-refractivity contribution in [1.82, 2.24) is 9.88 Å². The fraction of sp³-hybridized carbons (Fsp3) is 0.556. The van der Waals surface area contributed by atoms with Crippen LogP contribution < -0.4 is 0 Å². The van der Waals surface area contributed by atoms with Gasteiger partial charge in [0.05, 0.1) is 0 Å². The van der Waals surface area contributed by atoms with Crippen LogP contribution in [0.5, 0.6) is 0 Å². The van der Waals surface area contributed by atoms with Crippen LogP contribution in [0.4, 0.5) is 13.6 Å². The first-order chi connectivity index (χ1) is 11.2. The maximum absolute atomic E-state index is 14.1. The zero-order chi connectivity index (χ0) is 17.8. The molecule has 0 N–H and O–H groups in total. The first kappa shape index (κ1) is 18.4. The number of pyridine rings is 1. The number of hydrogen-bond donors (Lipinski definition) is 0. The average molecular weight is 338 g/mol. The Morgan fingerprint density at radius 3 is 2.50 bits per heavy atom. The topological polar surface area (TPSA) is 42.4 Å². The minimum Gasteiger partial charge on any atom is -0.444 e. The minimum absolute atomic E-state index is 0.0262. The molecule has 0 atom stereocenters. The summed E-state index contributed by atoms with van der Waals surface area (Å²) >= 11 is 0. The van der Waals surface area contributed by atoms with E-state index < -0.39 is 11.5 Å². The van der Waals surface area contributed by atoms with E-state index in [1.165, 1.54) is 12.3 Å². The zero-order valence-corrected chi connectivity index (χ0v) is 14.3. The van der Waals surface area contributed by atoms with Crippen LogP contribution in [0.3, 0.4) is 0 Å². The molecule has 24 heavy (non-hydrogen) atoms. The van der Waals surface area contributed by atoms with Crippen molar-refractivity contribution in [3.63, 3.8) is 0 Å². The quantitative estimate of drug-likeness (QED) is 0.768. The van der Waals surface area contributed by atoms with E-state index in [0.29, 0.717) is 25.9 Å². The first-order valence-electron chi connectivity index (χ1n) is 8.14. The van der Waals surface area contributed by atoms with E-state index in [1.54, 1.807) is 23.1 Å². The van der Waals surface area contributed by atoms with E-state index in [4.69, 9.17) is 4.74 Å². The van der Waals surface area contributed by atoms with Gasteiger partial charge in [0.2, 0.25) is 0 Å². The van der Waals surface area contributed by atoms with Gasteiger partial charge in [-0.3, -0.25) is 4.98 Å². The molecular weight excluding hydrogens is 314 g/mol. The standard InChI is InChI=1S/C18H24F2N2O2/c1-17(2,3)24-16(23)22-12-8-14(9-13-22)7-10-18(19,20)15-6-4-5-11-21-15/h4-7,10-11,14H,8-9,12-13H2,1-3H3. The molecule has 1 aliphatic heterocycles. The molecule has 1 aromatic rings. The number of rotatable bonds is 3. The number of halogens is 2. The number of allylic oxidation sites excluding steroid dienone is 2. The number of ether oxygens (including phenoxy) is 1. The second kappa shape index (κ2) is 7.28. The molecule has 1 aliphatic rings. The third-order valence-corrected chi connectivity index (χ3v) is 3.78. The second-order valence-electron chi connectivity index (χ2n) is 7.00. The Morgan fingerprint density at radius 1 is 1.29 bits per heavy atom. The van der Waals surface area contributed by atoms with E-state index in [9.17, 15) is 13.6 Å². The third kappa shape index (κ3) is 5.28. The van der Waals surface area contributed by atoms with Crippen LogP contribution in [0.15, 0.2) is 36.5 Å². The van der Waals surface area contributed by atoms with Gasteiger partial charge in [0.15, 0.2) is 0 Å². The lowest BCUT2D eigenvalue weighted by Gasteiger charge is -2.32. The Morgan fingerprint density at radius 2 is 1.96 bits per heavy atom. The molecule has 2 heterocycles. The molecule has 6 heteroatoms. The van der Waals surface area contributed by atoms with Gasteiger partial charge in [-0.05, 0) is 57.7 Å². The van der Waals surface area contributed by atoms with Crippen LogP contribution in [-0.4, -0.2) is 34.7 Å².